The van der Waals surface area contributed by atoms with Crippen LogP contribution in [-0.4, -0.2) is 20.7 Å². The molecule has 0 atom stereocenters. The topological polar surface area (TPSA) is 59.8 Å². The lowest BCUT2D eigenvalue weighted by atomic mass is 10.2. The van der Waals surface area contributed by atoms with Crippen LogP contribution in [0.2, 0.25) is 0 Å². The fraction of sp³-hybridized carbons (Fsp3) is 0.316. The number of aryl methyl sites for hydroxylation is 1. The zero-order chi connectivity index (χ0) is 20.5. The van der Waals surface area contributed by atoms with Gasteiger partial charge in [-0.05, 0) is 19.1 Å². The summed E-state index contributed by atoms with van der Waals surface area (Å²) in [6.45, 7) is 5.88. The van der Waals surface area contributed by atoms with Crippen LogP contribution in [-0.2, 0) is 12.7 Å². The molecule has 1 aromatic carbocycles. The van der Waals surface area contributed by atoms with E-state index in [4.69, 9.17) is 0 Å². The van der Waals surface area contributed by atoms with Gasteiger partial charge < -0.3 is 5.32 Å². The van der Waals surface area contributed by atoms with E-state index in [2.05, 4.69) is 15.4 Å². The standard InChI is InChI=1S/C19H19F3N4OS/c1-11(2)18-25-13(10-28-18)8-23-17(27)15-9-24-26(16(15)19(20,21)22)14-6-4-12(3)5-7-14/h4-7,9-11H,8H2,1-3H3,(H,23,27). The minimum absolute atomic E-state index is 0.0507. The normalized spacial score (nSPS) is 11.8. The molecule has 0 bridgehead atoms. The molecule has 5 nitrogen and oxygen atoms in total. The molecule has 0 saturated heterocycles. The molecule has 0 aliphatic heterocycles. The highest BCUT2D eigenvalue weighted by Gasteiger charge is 2.40. The number of benzene rings is 1. The van der Waals surface area contributed by atoms with Crippen LogP contribution in [0.1, 0.15) is 52.1 Å². The van der Waals surface area contributed by atoms with E-state index in [9.17, 15) is 18.0 Å². The lowest BCUT2D eigenvalue weighted by molar-refractivity contribution is -0.143. The quantitative estimate of drug-likeness (QED) is 0.665. The van der Waals surface area contributed by atoms with Crippen molar-refractivity contribution in [2.24, 2.45) is 0 Å². The third kappa shape index (κ3) is 4.24. The molecule has 0 fully saturated rings. The Morgan fingerprint density at radius 2 is 1.93 bits per heavy atom. The summed E-state index contributed by atoms with van der Waals surface area (Å²) in [5.74, 6) is -0.594. The molecule has 2 aromatic heterocycles. The van der Waals surface area contributed by atoms with Crippen molar-refractivity contribution in [3.8, 4) is 5.69 Å². The van der Waals surface area contributed by atoms with E-state index in [1.54, 1.807) is 17.5 Å². The van der Waals surface area contributed by atoms with E-state index < -0.39 is 23.3 Å². The van der Waals surface area contributed by atoms with E-state index in [1.165, 1.54) is 23.5 Å². The maximum Gasteiger partial charge on any atom is 0.434 e. The van der Waals surface area contributed by atoms with Gasteiger partial charge in [0.1, 0.15) is 0 Å². The molecule has 3 rings (SSSR count). The first-order chi connectivity index (χ1) is 13.2. The average Bonchev–Trinajstić information content (AvgIpc) is 3.27. The van der Waals surface area contributed by atoms with Crippen LogP contribution in [0.25, 0.3) is 5.69 Å². The van der Waals surface area contributed by atoms with Crippen molar-refractivity contribution < 1.29 is 18.0 Å². The Hall–Kier alpha value is -2.68. The van der Waals surface area contributed by atoms with Crippen molar-refractivity contribution >= 4 is 17.2 Å². The van der Waals surface area contributed by atoms with Crippen LogP contribution in [0.3, 0.4) is 0 Å². The number of hydrogen-bond donors (Lipinski definition) is 1. The number of alkyl halides is 3. The van der Waals surface area contributed by atoms with Crippen LogP contribution >= 0.6 is 11.3 Å². The van der Waals surface area contributed by atoms with Crippen LogP contribution in [0.5, 0.6) is 0 Å². The van der Waals surface area contributed by atoms with Gasteiger partial charge in [-0.25, -0.2) is 9.67 Å². The molecule has 0 saturated carbocycles. The molecule has 2 heterocycles. The van der Waals surface area contributed by atoms with Gasteiger partial charge in [0.15, 0.2) is 5.69 Å². The summed E-state index contributed by atoms with van der Waals surface area (Å²) in [6.07, 6.45) is -3.79. The highest BCUT2D eigenvalue weighted by Crippen LogP contribution is 2.33. The Morgan fingerprint density at radius 3 is 2.50 bits per heavy atom. The minimum atomic E-state index is -4.74. The van der Waals surface area contributed by atoms with Gasteiger partial charge in [0, 0.05) is 11.3 Å². The fourth-order valence-corrected chi connectivity index (χ4v) is 3.44. The average molecular weight is 408 g/mol. The van der Waals surface area contributed by atoms with Crippen LogP contribution in [0.15, 0.2) is 35.8 Å². The van der Waals surface area contributed by atoms with Gasteiger partial charge in [-0.15, -0.1) is 11.3 Å². The second-order valence-electron chi connectivity index (χ2n) is 6.67. The highest BCUT2D eigenvalue weighted by molar-refractivity contribution is 7.09. The van der Waals surface area contributed by atoms with Crippen LogP contribution in [0.4, 0.5) is 13.2 Å². The van der Waals surface area contributed by atoms with E-state index in [1.807, 2.05) is 20.8 Å². The molecule has 0 radical (unpaired) electrons. The van der Waals surface area contributed by atoms with Crippen molar-refractivity contribution in [2.45, 2.75) is 39.4 Å². The Kier molecular flexibility index (Phi) is 5.55. The maximum atomic E-state index is 13.7. The van der Waals surface area contributed by atoms with Crippen molar-refractivity contribution in [3.63, 3.8) is 0 Å². The molecule has 1 N–H and O–H groups in total. The third-order valence-electron chi connectivity index (χ3n) is 4.05. The predicted molar refractivity (Wildman–Crippen MR) is 101 cm³/mol. The summed E-state index contributed by atoms with van der Waals surface area (Å²) < 4.78 is 41.8. The van der Waals surface area contributed by atoms with E-state index in [-0.39, 0.29) is 18.2 Å². The molecule has 3 aromatic rings. The fourth-order valence-electron chi connectivity index (χ4n) is 2.60. The van der Waals surface area contributed by atoms with Crippen LogP contribution < -0.4 is 5.32 Å². The Labute approximate surface area is 164 Å². The van der Waals surface area contributed by atoms with Crippen molar-refractivity contribution in [1.82, 2.24) is 20.1 Å². The molecule has 0 spiro atoms. The second kappa shape index (κ2) is 7.75. The smallest absolute Gasteiger partial charge is 0.346 e. The van der Waals surface area contributed by atoms with E-state index >= 15 is 0 Å². The molecule has 9 heteroatoms. The van der Waals surface area contributed by atoms with E-state index in [0.29, 0.717) is 5.69 Å². The summed E-state index contributed by atoms with van der Waals surface area (Å²) in [4.78, 5) is 16.8. The lowest BCUT2D eigenvalue weighted by Gasteiger charge is -2.13. The number of carbonyl (C=O) groups excluding carboxylic acids is 1. The first-order valence-corrected chi connectivity index (χ1v) is 9.49. The molecule has 1 amide bonds. The highest BCUT2D eigenvalue weighted by atomic mass is 32.1. The number of aromatic nitrogens is 3. The predicted octanol–water partition coefficient (Wildman–Crippen LogP) is 4.71. The Morgan fingerprint density at radius 1 is 1.25 bits per heavy atom. The molecular weight excluding hydrogens is 389 g/mol. The summed E-state index contributed by atoms with van der Waals surface area (Å²) in [7, 11) is 0. The number of amides is 1. The molecule has 148 valence electrons. The molecule has 28 heavy (non-hydrogen) atoms. The van der Waals surface area contributed by atoms with Crippen molar-refractivity contribution in [3.05, 3.63) is 63.4 Å². The summed E-state index contributed by atoms with van der Waals surface area (Å²) in [6, 6.07) is 6.43. The van der Waals surface area contributed by atoms with Crippen molar-refractivity contribution in [1.29, 1.82) is 0 Å². The Bertz CT molecular complexity index is 974. The van der Waals surface area contributed by atoms with Gasteiger partial charge in [0.05, 0.1) is 34.7 Å². The third-order valence-corrected chi connectivity index (χ3v) is 5.25. The number of nitrogens with one attached hydrogen (secondary N) is 1. The SMILES string of the molecule is Cc1ccc(-n2ncc(C(=O)NCc3csc(C(C)C)n3)c2C(F)(F)F)cc1. The van der Waals surface area contributed by atoms with Gasteiger partial charge in [0.25, 0.3) is 5.91 Å². The number of rotatable bonds is 5. The van der Waals surface area contributed by atoms with Gasteiger partial charge in [-0.3, -0.25) is 4.79 Å². The zero-order valence-corrected chi connectivity index (χ0v) is 16.4. The van der Waals surface area contributed by atoms with Crippen molar-refractivity contribution in [2.75, 3.05) is 0 Å². The first-order valence-electron chi connectivity index (χ1n) is 8.61. The first kappa shape index (κ1) is 20.1. The number of carbonyl (C=O) groups is 1. The molecular formula is C19H19F3N4OS. The van der Waals surface area contributed by atoms with Gasteiger partial charge in [-0.2, -0.15) is 18.3 Å². The van der Waals surface area contributed by atoms with Crippen LogP contribution in [0, 0.1) is 6.92 Å². The van der Waals surface area contributed by atoms with Gasteiger partial charge >= 0.3 is 6.18 Å². The zero-order valence-electron chi connectivity index (χ0n) is 15.5. The summed E-state index contributed by atoms with van der Waals surface area (Å²) in [5, 5.41) is 9.01. The van der Waals surface area contributed by atoms with Gasteiger partial charge in [0.2, 0.25) is 0 Å². The molecule has 0 unspecified atom stereocenters. The largest absolute Gasteiger partial charge is 0.434 e. The minimum Gasteiger partial charge on any atom is -0.346 e. The summed E-state index contributed by atoms with van der Waals surface area (Å²) >= 11 is 1.46. The maximum absolute atomic E-state index is 13.7. The monoisotopic (exact) mass is 408 g/mol. The molecule has 0 aliphatic rings. The van der Waals surface area contributed by atoms with Gasteiger partial charge in [-0.1, -0.05) is 31.5 Å². The Balaban J connectivity index is 1.86. The number of thiazole rings is 1. The summed E-state index contributed by atoms with van der Waals surface area (Å²) in [5.41, 5.74) is 0.133. The number of halogens is 3. The van der Waals surface area contributed by atoms with E-state index in [0.717, 1.165) is 21.4 Å². The lowest BCUT2D eigenvalue weighted by Crippen LogP contribution is -2.26. The second-order valence-corrected chi connectivity index (χ2v) is 7.56. The number of nitrogens with zero attached hydrogens (tertiary/aromatic N) is 3. The number of hydrogen-bond acceptors (Lipinski definition) is 4. The molecule has 0 aliphatic carbocycles.